The first-order valence-corrected chi connectivity index (χ1v) is 9.96. The zero-order valence-electron chi connectivity index (χ0n) is 15.8. The average Bonchev–Trinajstić information content (AvgIpc) is 3.05. The Bertz CT molecular complexity index is 1080. The summed E-state index contributed by atoms with van der Waals surface area (Å²) in [6.45, 7) is 1.96. The van der Waals surface area contributed by atoms with Gasteiger partial charge in [-0.1, -0.05) is 48.5 Å². The zero-order valence-corrected chi connectivity index (χ0v) is 16.6. The predicted octanol–water partition coefficient (Wildman–Crippen LogP) is 4.69. The van der Waals surface area contributed by atoms with Gasteiger partial charge in [-0.2, -0.15) is 0 Å². The van der Waals surface area contributed by atoms with Crippen LogP contribution in [-0.2, 0) is 11.4 Å². The minimum absolute atomic E-state index is 0.00727. The first-order chi connectivity index (χ1) is 14.1. The first kappa shape index (κ1) is 19.1. The minimum Gasteiger partial charge on any atom is -0.392 e. The Morgan fingerprint density at radius 2 is 1.83 bits per heavy atom. The SMILES string of the molecule is Cc1ccc(/N=C2\S/C(=C\c3ccc(CO)cc3)C(=O)N2c2ccccc2)nc1. The second-order valence-corrected chi connectivity index (χ2v) is 7.58. The molecule has 2 aromatic carbocycles. The fraction of sp³-hybridized carbons (Fsp3) is 0.0870. The number of benzene rings is 2. The molecule has 0 saturated carbocycles. The lowest BCUT2D eigenvalue weighted by Crippen LogP contribution is -2.28. The standard InChI is InChI=1S/C23H19N3O2S/c1-16-7-12-21(24-14-16)25-23-26(19-5-3-2-4-6-19)22(28)20(29-23)13-17-8-10-18(15-27)11-9-17/h2-14,27H,15H2,1H3/b20-13-,25-23-. The first-order valence-electron chi connectivity index (χ1n) is 9.14. The molecule has 0 radical (unpaired) electrons. The van der Waals surface area contributed by atoms with Gasteiger partial charge in [0.2, 0.25) is 0 Å². The summed E-state index contributed by atoms with van der Waals surface area (Å²) < 4.78 is 0. The number of carbonyl (C=O) groups excluding carboxylic acids is 1. The summed E-state index contributed by atoms with van der Waals surface area (Å²) in [6.07, 6.45) is 3.60. The maximum atomic E-state index is 13.2. The Labute approximate surface area is 173 Å². The van der Waals surface area contributed by atoms with E-state index < -0.39 is 0 Å². The topological polar surface area (TPSA) is 65.8 Å². The molecule has 2 heterocycles. The molecule has 1 fully saturated rings. The number of aromatic nitrogens is 1. The van der Waals surface area contributed by atoms with Gasteiger partial charge in [-0.15, -0.1) is 0 Å². The molecule has 3 aromatic rings. The Morgan fingerprint density at radius 3 is 2.48 bits per heavy atom. The number of hydrogen-bond acceptors (Lipinski definition) is 5. The van der Waals surface area contributed by atoms with E-state index >= 15 is 0 Å². The lowest BCUT2D eigenvalue weighted by Gasteiger charge is -2.15. The van der Waals surface area contributed by atoms with Crippen LogP contribution in [0.1, 0.15) is 16.7 Å². The van der Waals surface area contributed by atoms with Crippen LogP contribution in [0.15, 0.2) is 82.8 Å². The number of aliphatic imine (C=N–C) groups is 1. The largest absolute Gasteiger partial charge is 0.392 e. The molecule has 144 valence electrons. The number of amidine groups is 1. The van der Waals surface area contributed by atoms with E-state index in [1.54, 1.807) is 11.1 Å². The molecular formula is C23H19N3O2S. The maximum absolute atomic E-state index is 13.2. The molecule has 1 amide bonds. The number of amides is 1. The van der Waals surface area contributed by atoms with Crippen molar-refractivity contribution in [2.75, 3.05) is 4.90 Å². The van der Waals surface area contributed by atoms with Crippen LogP contribution in [0.25, 0.3) is 6.08 Å². The van der Waals surface area contributed by atoms with Crippen molar-refractivity contribution in [2.24, 2.45) is 4.99 Å². The van der Waals surface area contributed by atoms with Gasteiger partial charge in [-0.05, 0) is 59.7 Å². The summed E-state index contributed by atoms with van der Waals surface area (Å²) in [7, 11) is 0. The molecule has 0 unspecified atom stereocenters. The van der Waals surface area contributed by atoms with Crippen LogP contribution in [0.4, 0.5) is 11.5 Å². The highest BCUT2D eigenvalue weighted by molar-refractivity contribution is 8.19. The van der Waals surface area contributed by atoms with Gasteiger partial charge in [-0.3, -0.25) is 9.69 Å². The fourth-order valence-corrected chi connectivity index (χ4v) is 3.84. The highest BCUT2D eigenvalue weighted by atomic mass is 32.2. The van der Waals surface area contributed by atoms with Crippen LogP contribution in [0, 0.1) is 6.92 Å². The Kier molecular flexibility index (Phi) is 5.55. The number of carbonyl (C=O) groups is 1. The molecule has 29 heavy (non-hydrogen) atoms. The Hall–Kier alpha value is -3.22. The van der Waals surface area contributed by atoms with E-state index in [1.807, 2.05) is 79.7 Å². The van der Waals surface area contributed by atoms with Crippen molar-refractivity contribution in [3.8, 4) is 0 Å². The number of aryl methyl sites for hydroxylation is 1. The summed E-state index contributed by atoms with van der Waals surface area (Å²) in [5.41, 5.74) is 3.53. The number of aliphatic hydroxyl groups is 1. The van der Waals surface area contributed by atoms with Crippen molar-refractivity contribution < 1.29 is 9.90 Å². The van der Waals surface area contributed by atoms with Gasteiger partial charge >= 0.3 is 0 Å². The monoisotopic (exact) mass is 401 g/mol. The molecular weight excluding hydrogens is 382 g/mol. The molecule has 0 atom stereocenters. The summed E-state index contributed by atoms with van der Waals surface area (Å²) >= 11 is 1.32. The lowest BCUT2D eigenvalue weighted by molar-refractivity contribution is -0.113. The number of thioether (sulfide) groups is 1. The van der Waals surface area contributed by atoms with E-state index in [4.69, 9.17) is 0 Å². The van der Waals surface area contributed by atoms with Gasteiger partial charge in [0.15, 0.2) is 11.0 Å². The van der Waals surface area contributed by atoms with Crippen LogP contribution >= 0.6 is 11.8 Å². The minimum atomic E-state index is -0.127. The number of anilines is 1. The van der Waals surface area contributed by atoms with Crippen LogP contribution in [0.2, 0.25) is 0 Å². The summed E-state index contributed by atoms with van der Waals surface area (Å²) in [5.74, 6) is 0.429. The predicted molar refractivity (Wildman–Crippen MR) is 118 cm³/mol. The third-order valence-electron chi connectivity index (χ3n) is 4.39. The van der Waals surface area contributed by atoms with Crippen molar-refractivity contribution in [3.63, 3.8) is 0 Å². The number of rotatable bonds is 4. The molecule has 4 rings (SSSR count). The molecule has 6 heteroatoms. The summed E-state index contributed by atoms with van der Waals surface area (Å²) in [5, 5.41) is 9.77. The van der Waals surface area contributed by atoms with Crippen LogP contribution in [0.3, 0.4) is 0 Å². The summed E-state index contributed by atoms with van der Waals surface area (Å²) in [6, 6.07) is 20.7. The molecule has 1 aliphatic heterocycles. The molecule has 0 aliphatic carbocycles. The van der Waals surface area contributed by atoms with E-state index in [2.05, 4.69) is 9.98 Å². The highest BCUT2D eigenvalue weighted by Crippen LogP contribution is 2.37. The van der Waals surface area contributed by atoms with Crippen LogP contribution in [-0.4, -0.2) is 21.2 Å². The number of nitrogens with zero attached hydrogens (tertiary/aromatic N) is 3. The lowest BCUT2D eigenvalue weighted by atomic mass is 10.1. The zero-order chi connectivity index (χ0) is 20.2. The third-order valence-corrected chi connectivity index (χ3v) is 5.36. The summed E-state index contributed by atoms with van der Waals surface area (Å²) in [4.78, 5) is 24.3. The number of para-hydroxylation sites is 1. The van der Waals surface area contributed by atoms with Gasteiger partial charge < -0.3 is 5.11 Å². The van der Waals surface area contributed by atoms with E-state index in [-0.39, 0.29) is 12.5 Å². The van der Waals surface area contributed by atoms with Crippen molar-refractivity contribution in [3.05, 3.63) is 94.5 Å². The Balaban J connectivity index is 1.73. The average molecular weight is 401 g/mol. The van der Waals surface area contributed by atoms with Crippen molar-refractivity contribution in [1.29, 1.82) is 0 Å². The van der Waals surface area contributed by atoms with Crippen LogP contribution < -0.4 is 4.90 Å². The molecule has 1 aliphatic rings. The van der Waals surface area contributed by atoms with E-state index in [0.717, 1.165) is 22.4 Å². The van der Waals surface area contributed by atoms with Gasteiger partial charge in [0, 0.05) is 6.20 Å². The smallest absolute Gasteiger partial charge is 0.271 e. The highest BCUT2D eigenvalue weighted by Gasteiger charge is 2.34. The van der Waals surface area contributed by atoms with Crippen LogP contribution in [0.5, 0.6) is 0 Å². The molecule has 0 spiro atoms. The third kappa shape index (κ3) is 4.29. The van der Waals surface area contributed by atoms with Crippen molar-refractivity contribution in [2.45, 2.75) is 13.5 Å². The van der Waals surface area contributed by atoms with Gasteiger partial charge in [0.25, 0.3) is 5.91 Å². The Morgan fingerprint density at radius 1 is 1.07 bits per heavy atom. The van der Waals surface area contributed by atoms with Gasteiger partial charge in [0.1, 0.15) is 0 Å². The van der Waals surface area contributed by atoms with E-state index in [0.29, 0.717) is 15.9 Å². The molecule has 0 bridgehead atoms. The van der Waals surface area contributed by atoms with Gasteiger partial charge in [-0.25, -0.2) is 9.98 Å². The second-order valence-electron chi connectivity index (χ2n) is 6.57. The van der Waals surface area contributed by atoms with Crippen molar-refractivity contribution >= 4 is 40.4 Å². The second kappa shape index (κ2) is 8.43. The molecule has 1 saturated heterocycles. The fourth-order valence-electron chi connectivity index (χ4n) is 2.85. The van der Waals surface area contributed by atoms with E-state index in [1.165, 1.54) is 11.8 Å². The normalized spacial score (nSPS) is 16.8. The number of hydrogen-bond donors (Lipinski definition) is 1. The number of aliphatic hydroxyl groups excluding tert-OH is 1. The maximum Gasteiger partial charge on any atom is 0.271 e. The van der Waals surface area contributed by atoms with Crippen molar-refractivity contribution in [1.82, 2.24) is 4.98 Å². The quantitative estimate of drug-likeness (QED) is 0.644. The van der Waals surface area contributed by atoms with E-state index in [9.17, 15) is 9.90 Å². The molecule has 1 aromatic heterocycles. The van der Waals surface area contributed by atoms with Gasteiger partial charge in [0.05, 0.1) is 17.2 Å². The number of pyridine rings is 1. The molecule has 1 N–H and O–H groups in total. The molecule has 5 nitrogen and oxygen atoms in total.